The van der Waals surface area contributed by atoms with Gasteiger partial charge in [-0.2, -0.15) is 18.3 Å². The third kappa shape index (κ3) is 3.01. The van der Waals surface area contributed by atoms with Crippen LogP contribution >= 0.6 is 0 Å². The lowest BCUT2D eigenvalue weighted by Gasteiger charge is -2.32. The van der Waals surface area contributed by atoms with Crippen molar-refractivity contribution in [2.45, 2.75) is 24.7 Å². The largest absolute Gasteiger partial charge is 0.467 e. The van der Waals surface area contributed by atoms with Crippen LogP contribution in [0.25, 0.3) is 0 Å². The lowest BCUT2D eigenvalue weighted by atomic mass is 10.0. The predicted molar refractivity (Wildman–Crippen MR) is 79.5 cm³/mol. The van der Waals surface area contributed by atoms with E-state index in [4.69, 9.17) is 4.42 Å². The molecule has 2 aromatic heterocycles. The van der Waals surface area contributed by atoms with Crippen molar-refractivity contribution in [3.63, 3.8) is 0 Å². The number of carbonyl (C=O) groups is 1. The Balaban J connectivity index is 1.94. The highest BCUT2D eigenvalue weighted by molar-refractivity contribution is 5.93. The average molecular weight is 340 g/mol. The van der Waals surface area contributed by atoms with E-state index in [1.165, 1.54) is 18.4 Å². The fourth-order valence-electron chi connectivity index (χ4n) is 2.62. The summed E-state index contributed by atoms with van der Waals surface area (Å²) in [5, 5.41) is 9.25. The zero-order valence-corrected chi connectivity index (χ0v) is 12.5. The first-order valence-corrected chi connectivity index (χ1v) is 7.25. The topological polar surface area (TPSA) is 72.1 Å². The van der Waals surface area contributed by atoms with E-state index in [9.17, 15) is 18.0 Å². The summed E-state index contributed by atoms with van der Waals surface area (Å²) in [5.74, 6) is -0.0443. The molecule has 2 atom stereocenters. The van der Waals surface area contributed by atoms with Crippen LogP contribution in [0.15, 0.2) is 41.5 Å². The summed E-state index contributed by atoms with van der Waals surface area (Å²) < 4.78 is 46.3. The molecule has 6 nitrogen and oxygen atoms in total. The van der Waals surface area contributed by atoms with Gasteiger partial charge in [0.1, 0.15) is 11.6 Å². The number of hydrogen-bond acceptors (Lipinski definition) is 4. The molecule has 0 fully saturated rings. The van der Waals surface area contributed by atoms with E-state index in [1.807, 2.05) is 0 Å². The maximum atomic E-state index is 13.4. The second-order valence-electron chi connectivity index (χ2n) is 5.36. The number of anilines is 1. The first-order valence-electron chi connectivity index (χ1n) is 7.25. The third-order valence-electron chi connectivity index (χ3n) is 3.72. The van der Waals surface area contributed by atoms with Crippen molar-refractivity contribution < 1.29 is 22.4 Å². The van der Waals surface area contributed by atoms with Gasteiger partial charge in [0.05, 0.1) is 12.3 Å². The summed E-state index contributed by atoms with van der Waals surface area (Å²) in [4.78, 5) is 11.9. The van der Waals surface area contributed by atoms with Crippen LogP contribution in [0.5, 0.6) is 0 Å². The Bertz CT molecular complexity index is 736. The normalized spacial score (nSPS) is 20.1. The van der Waals surface area contributed by atoms with Crippen LogP contribution in [0, 0.1) is 0 Å². The standard InChI is InChI=1S/C15H15F3N4O2/c1-2-5-19-14(23)10-8-13-20-9(11-4-3-6-24-11)7-12(15(16,17)18)22(13)21-10/h2-4,6,8-9,12,20H,1,5,7H2,(H,19,23). The molecule has 0 aliphatic carbocycles. The number of amides is 1. The molecule has 0 bridgehead atoms. The van der Waals surface area contributed by atoms with Crippen molar-refractivity contribution in [3.05, 3.63) is 48.6 Å². The monoisotopic (exact) mass is 340 g/mol. The minimum Gasteiger partial charge on any atom is -0.467 e. The number of fused-ring (bicyclic) bond motifs is 1. The molecule has 1 aliphatic heterocycles. The summed E-state index contributed by atoms with van der Waals surface area (Å²) in [6.45, 7) is 3.66. The van der Waals surface area contributed by atoms with Crippen molar-refractivity contribution in [2.75, 3.05) is 11.9 Å². The maximum absolute atomic E-state index is 13.4. The summed E-state index contributed by atoms with van der Waals surface area (Å²) >= 11 is 0. The Morgan fingerprint density at radius 2 is 2.38 bits per heavy atom. The van der Waals surface area contributed by atoms with Gasteiger partial charge in [-0.25, -0.2) is 4.68 Å². The minimum absolute atomic E-state index is 0.0892. The number of nitrogens with zero attached hydrogens (tertiary/aromatic N) is 2. The first kappa shape index (κ1) is 16.2. The van der Waals surface area contributed by atoms with Crippen molar-refractivity contribution >= 4 is 11.7 Å². The molecule has 0 spiro atoms. The second-order valence-corrected chi connectivity index (χ2v) is 5.36. The molecule has 9 heteroatoms. The predicted octanol–water partition coefficient (Wildman–Crippen LogP) is 3.05. The van der Waals surface area contributed by atoms with E-state index in [2.05, 4.69) is 22.3 Å². The second kappa shape index (κ2) is 6.06. The lowest BCUT2D eigenvalue weighted by Crippen LogP contribution is -2.35. The Hall–Kier alpha value is -2.71. The van der Waals surface area contributed by atoms with Gasteiger partial charge in [-0.15, -0.1) is 6.58 Å². The smallest absolute Gasteiger partial charge is 0.410 e. The fraction of sp³-hybridized carbons (Fsp3) is 0.333. The molecule has 1 amide bonds. The molecule has 2 N–H and O–H groups in total. The highest BCUT2D eigenvalue weighted by Gasteiger charge is 2.47. The number of halogens is 3. The van der Waals surface area contributed by atoms with Crippen LogP contribution in [0.1, 0.15) is 34.8 Å². The van der Waals surface area contributed by atoms with Gasteiger partial charge in [0.25, 0.3) is 5.91 Å². The zero-order valence-electron chi connectivity index (χ0n) is 12.5. The highest BCUT2D eigenvalue weighted by atomic mass is 19.4. The van der Waals surface area contributed by atoms with Crippen LogP contribution in [0.4, 0.5) is 19.0 Å². The van der Waals surface area contributed by atoms with E-state index < -0.39 is 24.2 Å². The van der Waals surface area contributed by atoms with Crippen LogP contribution < -0.4 is 10.6 Å². The Labute approximate surface area is 135 Å². The molecule has 0 radical (unpaired) electrons. The summed E-state index contributed by atoms with van der Waals surface area (Å²) in [6, 6.07) is 2.02. The number of aromatic nitrogens is 2. The lowest BCUT2D eigenvalue weighted by molar-refractivity contribution is -0.174. The number of alkyl halides is 3. The van der Waals surface area contributed by atoms with Gasteiger partial charge in [0.2, 0.25) is 0 Å². The molecular formula is C15H15F3N4O2. The number of nitrogens with one attached hydrogen (secondary N) is 2. The van der Waals surface area contributed by atoms with Crippen molar-refractivity contribution in [2.24, 2.45) is 0 Å². The van der Waals surface area contributed by atoms with Gasteiger partial charge in [-0.3, -0.25) is 4.79 Å². The first-order chi connectivity index (χ1) is 11.4. The van der Waals surface area contributed by atoms with Crippen LogP contribution in [-0.4, -0.2) is 28.4 Å². The molecule has 3 heterocycles. The van der Waals surface area contributed by atoms with Crippen LogP contribution in [0.2, 0.25) is 0 Å². The summed E-state index contributed by atoms with van der Waals surface area (Å²) in [7, 11) is 0. The minimum atomic E-state index is -4.50. The quantitative estimate of drug-likeness (QED) is 0.839. The van der Waals surface area contributed by atoms with Gasteiger partial charge in [-0.05, 0) is 12.1 Å². The SMILES string of the molecule is C=CCNC(=O)c1cc2n(n1)C(C(F)(F)F)CC(c1ccco1)N2. The van der Waals surface area contributed by atoms with Crippen molar-refractivity contribution in [1.29, 1.82) is 0 Å². The molecule has 0 aromatic carbocycles. The average Bonchev–Trinajstić information content (AvgIpc) is 3.19. The Kier molecular flexibility index (Phi) is 4.08. The molecule has 128 valence electrons. The van der Waals surface area contributed by atoms with Gasteiger partial charge in [0.15, 0.2) is 11.7 Å². The molecule has 3 rings (SSSR count). The molecule has 0 saturated heterocycles. The van der Waals surface area contributed by atoms with Gasteiger partial charge in [0, 0.05) is 19.0 Å². The molecular weight excluding hydrogens is 325 g/mol. The van der Waals surface area contributed by atoms with E-state index >= 15 is 0 Å². The fourth-order valence-corrected chi connectivity index (χ4v) is 2.62. The van der Waals surface area contributed by atoms with Gasteiger partial charge >= 0.3 is 6.18 Å². The Morgan fingerprint density at radius 1 is 1.58 bits per heavy atom. The van der Waals surface area contributed by atoms with Crippen LogP contribution in [-0.2, 0) is 0 Å². The van der Waals surface area contributed by atoms with Crippen molar-refractivity contribution in [3.8, 4) is 0 Å². The number of furan rings is 1. The molecule has 2 unspecified atom stereocenters. The third-order valence-corrected chi connectivity index (χ3v) is 3.72. The molecule has 24 heavy (non-hydrogen) atoms. The maximum Gasteiger partial charge on any atom is 0.410 e. The molecule has 0 saturated carbocycles. The van der Waals surface area contributed by atoms with Crippen molar-refractivity contribution in [1.82, 2.24) is 15.1 Å². The van der Waals surface area contributed by atoms with E-state index in [1.54, 1.807) is 12.1 Å². The van der Waals surface area contributed by atoms with E-state index in [0.717, 1.165) is 4.68 Å². The Morgan fingerprint density at radius 3 is 3.00 bits per heavy atom. The van der Waals surface area contributed by atoms with E-state index in [-0.39, 0.29) is 24.5 Å². The summed E-state index contributed by atoms with van der Waals surface area (Å²) in [6.07, 6.45) is -1.90. The van der Waals surface area contributed by atoms with Crippen LogP contribution in [0.3, 0.4) is 0 Å². The zero-order chi connectivity index (χ0) is 17.3. The number of rotatable bonds is 4. The highest BCUT2D eigenvalue weighted by Crippen LogP contribution is 2.43. The van der Waals surface area contributed by atoms with E-state index in [0.29, 0.717) is 5.76 Å². The number of carbonyl (C=O) groups excluding carboxylic acids is 1. The number of hydrogen-bond donors (Lipinski definition) is 2. The molecule has 1 aliphatic rings. The molecule has 2 aromatic rings. The van der Waals surface area contributed by atoms with Gasteiger partial charge < -0.3 is 15.1 Å². The summed E-state index contributed by atoms with van der Waals surface area (Å²) in [5.41, 5.74) is -0.0892. The van der Waals surface area contributed by atoms with Gasteiger partial charge in [-0.1, -0.05) is 6.08 Å².